The van der Waals surface area contributed by atoms with Crippen LogP contribution in [0.1, 0.15) is 31.2 Å². The SMILES string of the molecule is c1ccc(CN2CC[C@H]3OCC[C@@]3(COCC3CCOCC3)C2)cc1. The van der Waals surface area contributed by atoms with Crippen LogP contribution in [-0.2, 0) is 20.8 Å². The van der Waals surface area contributed by atoms with Gasteiger partial charge in [-0.1, -0.05) is 30.3 Å². The smallest absolute Gasteiger partial charge is 0.0678 e. The standard InChI is InChI=1S/C21H31NO3/c1-2-4-18(5-3-1)14-22-10-6-20-21(16-22,9-13-25-20)17-24-15-19-7-11-23-12-8-19/h1-5,19-20H,6-17H2/t20-,21+/m1/s1. The lowest BCUT2D eigenvalue weighted by Crippen LogP contribution is -2.51. The second kappa shape index (κ2) is 8.17. The predicted octanol–water partition coefficient (Wildman–Crippen LogP) is 3.11. The van der Waals surface area contributed by atoms with Crippen LogP contribution in [0.4, 0.5) is 0 Å². The number of hydrogen-bond donors (Lipinski definition) is 0. The normalized spacial score (nSPS) is 31.1. The quantitative estimate of drug-likeness (QED) is 0.793. The van der Waals surface area contributed by atoms with E-state index >= 15 is 0 Å². The van der Waals surface area contributed by atoms with Gasteiger partial charge < -0.3 is 14.2 Å². The second-order valence-electron chi connectivity index (χ2n) is 8.03. The Morgan fingerprint density at radius 1 is 1.08 bits per heavy atom. The highest BCUT2D eigenvalue weighted by Gasteiger charge is 2.48. The maximum atomic E-state index is 6.25. The van der Waals surface area contributed by atoms with Crippen LogP contribution in [0.3, 0.4) is 0 Å². The van der Waals surface area contributed by atoms with Crippen LogP contribution in [0.25, 0.3) is 0 Å². The van der Waals surface area contributed by atoms with Crippen molar-refractivity contribution in [3.05, 3.63) is 35.9 Å². The summed E-state index contributed by atoms with van der Waals surface area (Å²) >= 11 is 0. The molecule has 1 aromatic rings. The van der Waals surface area contributed by atoms with Gasteiger partial charge in [-0.05, 0) is 37.2 Å². The first-order valence-electron chi connectivity index (χ1n) is 9.87. The molecule has 0 amide bonds. The summed E-state index contributed by atoms with van der Waals surface area (Å²) < 4.78 is 17.8. The molecule has 4 nitrogen and oxygen atoms in total. The highest BCUT2D eigenvalue weighted by Crippen LogP contribution is 2.41. The first-order chi connectivity index (χ1) is 12.3. The average Bonchev–Trinajstić information content (AvgIpc) is 3.06. The molecule has 0 N–H and O–H groups in total. The summed E-state index contributed by atoms with van der Waals surface area (Å²) in [5.74, 6) is 0.676. The fourth-order valence-corrected chi connectivity index (χ4v) is 4.67. The van der Waals surface area contributed by atoms with Gasteiger partial charge in [-0.25, -0.2) is 0 Å². The number of rotatable bonds is 6. The van der Waals surface area contributed by atoms with E-state index < -0.39 is 0 Å². The van der Waals surface area contributed by atoms with E-state index in [1.807, 2.05) is 0 Å². The Balaban J connectivity index is 1.33. The minimum atomic E-state index is 0.193. The summed E-state index contributed by atoms with van der Waals surface area (Å²) in [6.07, 6.45) is 4.94. The topological polar surface area (TPSA) is 30.9 Å². The van der Waals surface area contributed by atoms with Crippen molar-refractivity contribution >= 4 is 0 Å². The van der Waals surface area contributed by atoms with Gasteiger partial charge in [0, 0.05) is 51.5 Å². The zero-order valence-corrected chi connectivity index (χ0v) is 15.2. The van der Waals surface area contributed by atoms with Crippen LogP contribution in [0.15, 0.2) is 30.3 Å². The van der Waals surface area contributed by atoms with Crippen molar-refractivity contribution in [1.29, 1.82) is 0 Å². The number of likely N-dealkylation sites (tertiary alicyclic amines) is 1. The van der Waals surface area contributed by atoms with Gasteiger partial charge in [0.15, 0.2) is 0 Å². The lowest BCUT2D eigenvalue weighted by atomic mass is 9.77. The van der Waals surface area contributed by atoms with Crippen LogP contribution < -0.4 is 0 Å². The maximum absolute atomic E-state index is 6.25. The van der Waals surface area contributed by atoms with Crippen LogP contribution in [0.5, 0.6) is 0 Å². The molecule has 3 fully saturated rings. The lowest BCUT2D eigenvalue weighted by molar-refractivity contribution is -0.0753. The summed E-state index contributed by atoms with van der Waals surface area (Å²) in [5.41, 5.74) is 1.59. The Hall–Kier alpha value is -0.940. The van der Waals surface area contributed by atoms with E-state index in [9.17, 15) is 0 Å². The van der Waals surface area contributed by atoms with E-state index in [-0.39, 0.29) is 5.41 Å². The Bertz CT molecular complexity index is 531. The third-order valence-electron chi connectivity index (χ3n) is 6.18. The van der Waals surface area contributed by atoms with E-state index in [4.69, 9.17) is 14.2 Å². The van der Waals surface area contributed by atoms with E-state index in [0.29, 0.717) is 12.0 Å². The van der Waals surface area contributed by atoms with E-state index in [1.165, 1.54) is 5.56 Å². The van der Waals surface area contributed by atoms with Crippen molar-refractivity contribution in [3.8, 4) is 0 Å². The Morgan fingerprint density at radius 3 is 2.76 bits per heavy atom. The van der Waals surface area contributed by atoms with E-state index in [1.54, 1.807) is 0 Å². The van der Waals surface area contributed by atoms with Crippen molar-refractivity contribution in [2.75, 3.05) is 46.1 Å². The number of fused-ring (bicyclic) bond motifs is 1. The van der Waals surface area contributed by atoms with Crippen molar-refractivity contribution in [1.82, 2.24) is 4.90 Å². The third-order valence-corrected chi connectivity index (χ3v) is 6.18. The van der Waals surface area contributed by atoms with Crippen LogP contribution in [0.2, 0.25) is 0 Å². The molecule has 0 aromatic heterocycles. The van der Waals surface area contributed by atoms with Crippen molar-refractivity contribution in [2.45, 2.75) is 38.3 Å². The largest absolute Gasteiger partial charge is 0.381 e. The van der Waals surface area contributed by atoms with Crippen LogP contribution in [-0.4, -0.2) is 57.1 Å². The number of ether oxygens (including phenoxy) is 3. The molecule has 4 rings (SSSR count). The molecule has 138 valence electrons. The monoisotopic (exact) mass is 345 g/mol. The van der Waals surface area contributed by atoms with Gasteiger partial charge in [0.25, 0.3) is 0 Å². The number of nitrogens with zero attached hydrogens (tertiary/aromatic N) is 1. The molecule has 3 saturated heterocycles. The highest BCUT2D eigenvalue weighted by molar-refractivity contribution is 5.15. The van der Waals surface area contributed by atoms with Gasteiger partial charge >= 0.3 is 0 Å². The number of piperidine rings is 1. The molecule has 3 heterocycles. The van der Waals surface area contributed by atoms with Gasteiger partial charge in [-0.3, -0.25) is 4.90 Å². The average molecular weight is 345 g/mol. The molecule has 2 atom stereocenters. The summed E-state index contributed by atoms with van der Waals surface area (Å²) in [4.78, 5) is 2.60. The molecule has 0 unspecified atom stereocenters. The molecule has 3 aliphatic heterocycles. The van der Waals surface area contributed by atoms with Crippen molar-refractivity contribution in [3.63, 3.8) is 0 Å². The van der Waals surface area contributed by atoms with Crippen molar-refractivity contribution in [2.24, 2.45) is 11.3 Å². The molecule has 0 aliphatic carbocycles. The summed E-state index contributed by atoms with van der Waals surface area (Å²) in [5, 5.41) is 0. The van der Waals surface area contributed by atoms with Crippen LogP contribution >= 0.6 is 0 Å². The fraction of sp³-hybridized carbons (Fsp3) is 0.714. The van der Waals surface area contributed by atoms with Crippen LogP contribution in [0, 0.1) is 11.3 Å². The molecular weight excluding hydrogens is 314 g/mol. The first kappa shape index (κ1) is 17.5. The molecule has 0 bridgehead atoms. The van der Waals surface area contributed by atoms with Gasteiger partial charge in [0.1, 0.15) is 0 Å². The number of hydrogen-bond acceptors (Lipinski definition) is 4. The molecule has 0 spiro atoms. The summed E-state index contributed by atoms with van der Waals surface area (Å²) in [6.45, 7) is 7.68. The zero-order chi connectivity index (χ0) is 17.0. The Labute approximate surface area is 151 Å². The zero-order valence-electron chi connectivity index (χ0n) is 15.2. The minimum absolute atomic E-state index is 0.193. The molecular formula is C21H31NO3. The number of benzene rings is 1. The van der Waals surface area contributed by atoms with Gasteiger partial charge in [-0.15, -0.1) is 0 Å². The Morgan fingerprint density at radius 2 is 1.92 bits per heavy atom. The molecule has 25 heavy (non-hydrogen) atoms. The van der Waals surface area contributed by atoms with E-state index in [2.05, 4.69) is 35.2 Å². The maximum Gasteiger partial charge on any atom is 0.0678 e. The molecule has 3 aliphatic rings. The predicted molar refractivity (Wildman–Crippen MR) is 97.5 cm³/mol. The van der Waals surface area contributed by atoms with Gasteiger partial charge in [0.2, 0.25) is 0 Å². The summed E-state index contributed by atoms with van der Waals surface area (Å²) in [7, 11) is 0. The van der Waals surface area contributed by atoms with Gasteiger partial charge in [0.05, 0.1) is 12.7 Å². The highest BCUT2D eigenvalue weighted by atomic mass is 16.5. The fourth-order valence-electron chi connectivity index (χ4n) is 4.67. The molecule has 1 aromatic carbocycles. The molecule has 0 radical (unpaired) electrons. The second-order valence-corrected chi connectivity index (χ2v) is 8.03. The van der Waals surface area contributed by atoms with Crippen molar-refractivity contribution < 1.29 is 14.2 Å². The van der Waals surface area contributed by atoms with Gasteiger partial charge in [-0.2, -0.15) is 0 Å². The molecule has 0 saturated carbocycles. The Kier molecular flexibility index (Phi) is 5.71. The molecule has 4 heteroatoms. The minimum Gasteiger partial charge on any atom is -0.381 e. The summed E-state index contributed by atoms with van der Waals surface area (Å²) in [6, 6.07) is 10.8. The first-order valence-corrected chi connectivity index (χ1v) is 9.87. The van der Waals surface area contributed by atoms with E-state index in [0.717, 1.165) is 78.4 Å². The third kappa shape index (κ3) is 4.25. The lowest BCUT2D eigenvalue weighted by Gasteiger charge is -2.43.